The number of piperidine rings is 1. The van der Waals surface area contributed by atoms with Gasteiger partial charge in [-0.25, -0.2) is 12.8 Å². The summed E-state index contributed by atoms with van der Waals surface area (Å²) >= 11 is 0. The molecule has 0 aliphatic carbocycles. The monoisotopic (exact) mass is 395 g/mol. The molecule has 3 heterocycles. The molecule has 1 N–H and O–H groups in total. The molecule has 1 amide bonds. The summed E-state index contributed by atoms with van der Waals surface area (Å²) in [5, 5.41) is 3.39. The van der Waals surface area contributed by atoms with Crippen molar-refractivity contribution in [2.24, 2.45) is 5.92 Å². The van der Waals surface area contributed by atoms with Gasteiger partial charge in [-0.15, -0.1) is 0 Å². The van der Waals surface area contributed by atoms with E-state index in [0.717, 1.165) is 50.9 Å². The van der Waals surface area contributed by atoms with Gasteiger partial charge in [0, 0.05) is 31.7 Å². The quantitative estimate of drug-likeness (QED) is 0.844. The summed E-state index contributed by atoms with van der Waals surface area (Å²) < 4.78 is 40.3. The van der Waals surface area contributed by atoms with Crippen LogP contribution in [0.2, 0.25) is 0 Å². The molecule has 27 heavy (non-hydrogen) atoms. The van der Waals surface area contributed by atoms with E-state index in [1.54, 1.807) is 0 Å². The molecule has 3 aliphatic heterocycles. The number of amides is 1. The van der Waals surface area contributed by atoms with Crippen molar-refractivity contribution >= 4 is 15.9 Å². The first-order valence-electron chi connectivity index (χ1n) is 9.75. The third-order valence-corrected chi connectivity index (χ3v) is 7.97. The fourth-order valence-corrected chi connectivity index (χ4v) is 6.19. The van der Waals surface area contributed by atoms with Gasteiger partial charge in [-0.2, -0.15) is 4.31 Å². The van der Waals surface area contributed by atoms with Crippen LogP contribution in [0.5, 0.6) is 0 Å². The zero-order valence-corrected chi connectivity index (χ0v) is 16.1. The largest absolute Gasteiger partial charge is 0.335 e. The molecule has 8 heteroatoms. The minimum atomic E-state index is -3.71. The number of benzene rings is 1. The lowest BCUT2D eigenvalue weighted by Gasteiger charge is -2.36. The minimum absolute atomic E-state index is 0.0797. The molecule has 1 aromatic rings. The number of halogens is 1. The highest BCUT2D eigenvalue weighted by atomic mass is 32.2. The molecule has 3 fully saturated rings. The third kappa shape index (κ3) is 3.62. The maximum absolute atomic E-state index is 13.2. The topological polar surface area (TPSA) is 69.7 Å². The first-order chi connectivity index (χ1) is 13.0. The number of nitrogens with zero attached hydrogens (tertiary/aromatic N) is 2. The fraction of sp³-hybridized carbons (Fsp3) is 0.632. The van der Waals surface area contributed by atoms with Crippen LogP contribution in [0.3, 0.4) is 0 Å². The van der Waals surface area contributed by atoms with Crippen LogP contribution < -0.4 is 5.32 Å². The first kappa shape index (κ1) is 18.8. The van der Waals surface area contributed by atoms with Crippen LogP contribution >= 0.6 is 0 Å². The van der Waals surface area contributed by atoms with Crippen molar-refractivity contribution in [2.75, 3.05) is 26.2 Å². The molecule has 3 atom stereocenters. The fourth-order valence-electron chi connectivity index (χ4n) is 4.67. The zero-order chi connectivity index (χ0) is 19.0. The second-order valence-corrected chi connectivity index (χ2v) is 9.72. The van der Waals surface area contributed by atoms with Gasteiger partial charge in [-0.05, 0) is 62.9 Å². The number of fused-ring (bicyclic) bond motifs is 2. The molecule has 0 radical (unpaired) electrons. The number of carbonyl (C=O) groups is 1. The highest BCUT2D eigenvalue weighted by Crippen LogP contribution is 2.32. The van der Waals surface area contributed by atoms with Gasteiger partial charge in [-0.1, -0.05) is 0 Å². The molecule has 3 saturated heterocycles. The van der Waals surface area contributed by atoms with E-state index < -0.39 is 15.8 Å². The molecule has 0 aromatic heterocycles. The van der Waals surface area contributed by atoms with Gasteiger partial charge in [0.05, 0.1) is 10.8 Å². The Balaban J connectivity index is 1.51. The number of nitrogens with one attached hydrogen (secondary N) is 1. The predicted octanol–water partition coefficient (Wildman–Crippen LogP) is 1.58. The lowest BCUT2D eigenvalue weighted by molar-refractivity contribution is -0.139. The number of hydrogen-bond donors (Lipinski definition) is 1. The molecular weight excluding hydrogens is 369 g/mol. The maximum Gasteiger partial charge on any atom is 0.243 e. The Labute approximate surface area is 159 Å². The highest BCUT2D eigenvalue weighted by Gasteiger charge is 2.42. The lowest BCUT2D eigenvalue weighted by atomic mass is 9.97. The Morgan fingerprint density at radius 2 is 1.81 bits per heavy atom. The Hall–Kier alpha value is -1.51. The average Bonchev–Trinajstić information content (AvgIpc) is 2.94. The normalized spacial score (nSPS) is 29.5. The van der Waals surface area contributed by atoms with E-state index in [0.29, 0.717) is 13.0 Å². The summed E-state index contributed by atoms with van der Waals surface area (Å²) in [6.07, 6.45) is 4.42. The summed E-state index contributed by atoms with van der Waals surface area (Å²) in [7, 11) is -3.71. The summed E-state index contributed by atoms with van der Waals surface area (Å²) in [5.41, 5.74) is 0. The van der Waals surface area contributed by atoms with Gasteiger partial charge in [0.25, 0.3) is 0 Å². The van der Waals surface area contributed by atoms with Crippen LogP contribution in [-0.2, 0) is 14.8 Å². The van der Waals surface area contributed by atoms with E-state index in [-0.39, 0.29) is 35.3 Å². The SMILES string of the molecule is O=C(C1CCCN(S(=O)(=O)c2ccc(F)cc2)C1)N1C2CCNCC1CC2. The molecule has 0 spiro atoms. The molecule has 2 bridgehead atoms. The molecule has 3 aliphatic rings. The third-order valence-electron chi connectivity index (χ3n) is 6.09. The van der Waals surface area contributed by atoms with E-state index >= 15 is 0 Å². The van der Waals surface area contributed by atoms with Crippen LogP contribution in [0, 0.1) is 11.7 Å². The molecule has 148 valence electrons. The molecule has 1 aromatic carbocycles. The Morgan fingerprint density at radius 3 is 2.59 bits per heavy atom. The van der Waals surface area contributed by atoms with Crippen LogP contribution in [0.4, 0.5) is 4.39 Å². The van der Waals surface area contributed by atoms with Crippen molar-refractivity contribution in [1.29, 1.82) is 0 Å². The van der Waals surface area contributed by atoms with E-state index in [1.807, 2.05) is 4.90 Å². The first-order valence-corrected chi connectivity index (χ1v) is 11.2. The standard InChI is InChI=1S/C19H26FN3O3S/c20-15-3-7-18(8-4-15)27(25,26)22-11-1-2-14(13-22)19(24)23-16-5-6-17(23)12-21-10-9-16/h3-4,7-8,14,16-17,21H,1-2,5-6,9-13H2. The van der Waals surface area contributed by atoms with Crippen molar-refractivity contribution < 1.29 is 17.6 Å². The second kappa shape index (κ2) is 7.48. The van der Waals surface area contributed by atoms with Gasteiger partial charge in [-0.3, -0.25) is 4.79 Å². The van der Waals surface area contributed by atoms with Gasteiger partial charge in [0.15, 0.2) is 0 Å². The predicted molar refractivity (Wildman–Crippen MR) is 99.0 cm³/mol. The number of carbonyl (C=O) groups excluding carboxylic acids is 1. The highest BCUT2D eigenvalue weighted by molar-refractivity contribution is 7.89. The van der Waals surface area contributed by atoms with Crippen molar-refractivity contribution in [3.8, 4) is 0 Å². The van der Waals surface area contributed by atoms with Gasteiger partial charge < -0.3 is 10.2 Å². The van der Waals surface area contributed by atoms with Crippen LogP contribution in [0.15, 0.2) is 29.2 Å². The minimum Gasteiger partial charge on any atom is -0.335 e. The van der Waals surface area contributed by atoms with Crippen molar-refractivity contribution in [2.45, 2.75) is 49.1 Å². The second-order valence-electron chi connectivity index (χ2n) is 7.78. The molecular formula is C19H26FN3O3S. The Kier molecular flexibility index (Phi) is 5.22. The van der Waals surface area contributed by atoms with Crippen LogP contribution in [0.1, 0.15) is 32.1 Å². The van der Waals surface area contributed by atoms with Crippen LogP contribution in [-0.4, -0.2) is 61.8 Å². The van der Waals surface area contributed by atoms with E-state index in [9.17, 15) is 17.6 Å². The Morgan fingerprint density at radius 1 is 1.07 bits per heavy atom. The molecule has 4 rings (SSSR count). The maximum atomic E-state index is 13.2. The van der Waals surface area contributed by atoms with E-state index in [2.05, 4.69) is 5.32 Å². The van der Waals surface area contributed by atoms with Gasteiger partial charge in [0.1, 0.15) is 5.82 Å². The summed E-state index contributed by atoms with van der Waals surface area (Å²) in [5.74, 6) is -0.661. The lowest BCUT2D eigenvalue weighted by Crippen LogP contribution is -2.50. The van der Waals surface area contributed by atoms with E-state index in [1.165, 1.54) is 16.4 Å². The van der Waals surface area contributed by atoms with E-state index in [4.69, 9.17) is 0 Å². The van der Waals surface area contributed by atoms with Crippen molar-refractivity contribution in [3.63, 3.8) is 0 Å². The number of rotatable bonds is 3. The molecule has 0 saturated carbocycles. The van der Waals surface area contributed by atoms with Crippen molar-refractivity contribution in [3.05, 3.63) is 30.1 Å². The smallest absolute Gasteiger partial charge is 0.243 e. The number of sulfonamides is 1. The van der Waals surface area contributed by atoms with Gasteiger partial charge >= 0.3 is 0 Å². The summed E-state index contributed by atoms with van der Waals surface area (Å²) in [4.78, 5) is 15.4. The zero-order valence-electron chi connectivity index (χ0n) is 15.3. The summed E-state index contributed by atoms with van der Waals surface area (Å²) in [6, 6.07) is 5.40. The van der Waals surface area contributed by atoms with Crippen LogP contribution in [0.25, 0.3) is 0 Å². The van der Waals surface area contributed by atoms with Crippen molar-refractivity contribution in [1.82, 2.24) is 14.5 Å². The summed E-state index contributed by atoms with van der Waals surface area (Å²) in [6.45, 7) is 2.37. The number of hydrogen-bond acceptors (Lipinski definition) is 4. The Bertz CT molecular complexity index is 785. The average molecular weight is 396 g/mol. The van der Waals surface area contributed by atoms with Gasteiger partial charge in [0.2, 0.25) is 15.9 Å². The molecule has 6 nitrogen and oxygen atoms in total. The molecule has 3 unspecified atom stereocenters.